The average molecular weight is 785 g/mol. The van der Waals surface area contributed by atoms with Crippen molar-refractivity contribution in [1.29, 1.82) is 0 Å². The highest BCUT2D eigenvalue weighted by Crippen LogP contribution is 2.21. The summed E-state index contributed by atoms with van der Waals surface area (Å²) < 4.78 is 67.4. The van der Waals surface area contributed by atoms with Gasteiger partial charge in [0, 0.05) is 28.8 Å². The summed E-state index contributed by atoms with van der Waals surface area (Å²) in [5.41, 5.74) is 24.6. The van der Waals surface area contributed by atoms with Crippen molar-refractivity contribution in [3.63, 3.8) is 0 Å². The summed E-state index contributed by atoms with van der Waals surface area (Å²) >= 11 is 0. The molecule has 4 aromatic rings. The van der Waals surface area contributed by atoms with Crippen LogP contribution >= 0.6 is 0 Å². The summed E-state index contributed by atoms with van der Waals surface area (Å²) in [5.74, 6) is -2.69. The Morgan fingerprint density at radius 1 is 0.589 bits per heavy atom. The molecule has 0 saturated carbocycles. The van der Waals surface area contributed by atoms with Gasteiger partial charge in [-0.15, -0.1) is 0 Å². The van der Waals surface area contributed by atoms with E-state index in [4.69, 9.17) is 51.7 Å². The van der Waals surface area contributed by atoms with Gasteiger partial charge in [-0.3, -0.25) is 0 Å². The van der Waals surface area contributed by atoms with Crippen LogP contribution in [0.1, 0.15) is 36.6 Å². The van der Waals surface area contributed by atoms with Gasteiger partial charge >= 0.3 is 30.1 Å². The second-order valence-corrected chi connectivity index (χ2v) is 11.3. The fourth-order valence-electron chi connectivity index (χ4n) is 4.27. The van der Waals surface area contributed by atoms with E-state index < -0.39 is 36.7 Å². The number of aromatic carboxylic acids is 1. The Bertz CT molecular complexity index is 1920. The predicted octanol–water partition coefficient (Wildman–Crippen LogP) is 5.01. The molecule has 4 rings (SSSR count). The summed E-state index contributed by atoms with van der Waals surface area (Å²) in [4.78, 5) is 46.6. The van der Waals surface area contributed by atoms with Gasteiger partial charge in [0.1, 0.15) is 24.7 Å². The molecule has 0 fully saturated rings. The van der Waals surface area contributed by atoms with Gasteiger partial charge in [0.25, 0.3) is 0 Å². The minimum atomic E-state index is -4.47. The number of carboxylic acid groups (broad SMARTS) is 1. The van der Waals surface area contributed by atoms with Gasteiger partial charge in [0.2, 0.25) is 0 Å². The van der Waals surface area contributed by atoms with Crippen LogP contribution in [-0.2, 0) is 23.7 Å². The number of nitrogen functional groups attached to an aromatic ring is 4. The minimum Gasteiger partial charge on any atom is -0.484 e. The third-order valence-corrected chi connectivity index (χ3v) is 6.74. The molecule has 0 amide bonds. The number of halogens is 3. The molecule has 18 heteroatoms. The number of carbonyl (C=O) groups is 4. The monoisotopic (exact) mass is 784 g/mol. The van der Waals surface area contributed by atoms with Crippen molar-refractivity contribution in [2.75, 3.05) is 69.2 Å². The number of esters is 3. The Morgan fingerprint density at radius 3 is 1.59 bits per heavy atom. The maximum Gasteiger partial charge on any atom is 0.422 e. The highest BCUT2D eigenvalue weighted by atomic mass is 19.4. The predicted molar refractivity (Wildman–Crippen MR) is 199 cm³/mol. The van der Waals surface area contributed by atoms with E-state index in [1.54, 1.807) is 12.1 Å². The first-order valence-corrected chi connectivity index (χ1v) is 16.4. The second kappa shape index (κ2) is 21.8. The van der Waals surface area contributed by atoms with E-state index in [0.29, 0.717) is 28.3 Å². The van der Waals surface area contributed by atoms with Crippen LogP contribution in [0, 0.1) is 0 Å². The molecule has 0 radical (unpaired) electrons. The lowest BCUT2D eigenvalue weighted by atomic mass is 10.2. The zero-order valence-corrected chi connectivity index (χ0v) is 29.7. The molecular weight excluding hydrogens is 745 g/mol. The molecule has 0 aliphatic heterocycles. The number of hydrogen-bond donors (Lipinski definition) is 5. The maximum absolute atomic E-state index is 12.3. The zero-order chi connectivity index (χ0) is 41.1. The number of ether oxygens (including phenoxy) is 6. The van der Waals surface area contributed by atoms with E-state index in [0.717, 1.165) is 0 Å². The summed E-state index contributed by atoms with van der Waals surface area (Å²) in [6, 6.07) is 20.0. The average Bonchev–Trinajstić information content (AvgIpc) is 3.13. The van der Waals surface area contributed by atoms with Gasteiger partial charge in [-0.2, -0.15) is 13.2 Å². The van der Waals surface area contributed by atoms with Crippen LogP contribution in [-0.4, -0.2) is 81.4 Å². The SMILES string of the molecule is Nc1cc(N)cc(C(=O)O)c1.Nc1cc(N)cc(C(=O)OCCOCCOCCOC(=O)/C=C/c2ccc(OC(=O)c3ccc(OCC(F)(F)F)cc3)cc2)c1. The first-order chi connectivity index (χ1) is 26.6. The van der Waals surface area contributed by atoms with Gasteiger partial charge in [-0.05, 0) is 84.4 Å². The van der Waals surface area contributed by atoms with Crippen LogP contribution in [0.3, 0.4) is 0 Å². The molecule has 56 heavy (non-hydrogen) atoms. The standard InChI is InChI=1S/C31H31F3N2O9.C7H8N2O2/c32-31(33,34)20-44-26-8-4-22(5-9-26)30(39)45-27-6-1-21(2-7-27)3-10-28(37)42-15-13-40-11-12-41-14-16-43-29(38)23-17-24(35)19-25(36)18-23;8-5-1-4(7(10)11)2-6(9)3-5/h1-10,17-19H,11-16,20,35-36H2;1-3H,8-9H2,(H,10,11)/b10-3+;. The molecule has 298 valence electrons. The Labute approximate surface area is 318 Å². The van der Waals surface area contributed by atoms with Gasteiger partial charge in [0.15, 0.2) is 6.61 Å². The molecule has 0 heterocycles. The van der Waals surface area contributed by atoms with Crippen molar-refractivity contribution in [2.45, 2.75) is 6.18 Å². The Hall–Kier alpha value is -6.79. The quantitative estimate of drug-likeness (QED) is 0.0311. The lowest BCUT2D eigenvalue weighted by Crippen LogP contribution is -2.19. The van der Waals surface area contributed by atoms with E-state index in [1.165, 1.54) is 84.9 Å². The molecule has 0 atom stereocenters. The molecule has 0 aromatic heterocycles. The fourth-order valence-corrected chi connectivity index (χ4v) is 4.27. The molecule has 15 nitrogen and oxygen atoms in total. The minimum absolute atomic E-state index is 0.0223. The molecule has 0 bridgehead atoms. The highest BCUT2D eigenvalue weighted by Gasteiger charge is 2.28. The number of hydrogen-bond acceptors (Lipinski definition) is 14. The summed E-state index contributed by atoms with van der Waals surface area (Å²) in [6.45, 7) is -0.576. The third-order valence-electron chi connectivity index (χ3n) is 6.74. The number of carboxylic acids is 1. The molecule has 0 aliphatic carbocycles. The van der Waals surface area contributed by atoms with Crippen LogP contribution in [0.25, 0.3) is 6.08 Å². The Balaban J connectivity index is 0.000000655. The van der Waals surface area contributed by atoms with Crippen molar-refractivity contribution in [2.24, 2.45) is 0 Å². The van der Waals surface area contributed by atoms with Crippen molar-refractivity contribution >= 4 is 52.7 Å². The zero-order valence-electron chi connectivity index (χ0n) is 29.7. The van der Waals surface area contributed by atoms with E-state index in [2.05, 4.69) is 4.74 Å². The molecule has 4 aromatic carbocycles. The number of anilines is 4. The third kappa shape index (κ3) is 16.9. The number of rotatable bonds is 17. The molecule has 0 saturated heterocycles. The van der Waals surface area contributed by atoms with Crippen molar-refractivity contribution in [3.8, 4) is 11.5 Å². The normalized spacial score (nSPS) is 10.9. The van der Waals surface area contributed by atoms with E-state index in [9.17, 15) is 32.3 Å². The van der Waals surface area contributed by atoms with Crippen molar-refractivity contribution < 1.29 is 65.9 Å². The van der Waals surface area contributed by atoms with E-state index >= 15 is 0 Å². The van der Waals surface area contributed by atoms with Crippen LogP contribution in [0.15, 0.2) is 91.0 Å². The number of benzene rings is 4. The first kappa shape index (κ1) is 43.6. The number of carbonyl (C=O) groups excluding carboxylic acids is 3. The van der Waals surface area contributed by atoms with Crippen molar-refractivity contribution in [3.05, 3.63) is 113 Å². The lowest BCUT2D eigenvalue weighted by molar-refractivity contribution is -0.153. The van der Waals surface area contributed by atoms with Crippen LogP contribution < -0.4 is 32.4 Å². The van der Waals surface area contributed by atoms with Crippen LogP contribution in [0.4, 0.5) is 35.9 Å². The van der Waals surface area contributed by atoms with Gasteiger partial charge in [-0.1, -0.05) is 12.1 Å². The fraction of sp³-hybridized carbons (Fsp3) is 0.211. The van der Waals surface area contributed by atoms with E-state index in [1.807, 2.05) is 0 Å². The van der Waals surface area contributed by atoms with E-state index in [-0.39, 0.29) is 67.8 Å². The van der Waals surface area contributed by atoms with Gasteiger partial charge < -0.3 is 56.5 Å². The maximum atomic E-state index is 12.3. The summed E-state index contributed by atoms with van der Waals surface area (Å²) in [7, 11) is 0. The van der Waals surface area contributed by atoms with Crippen LogP contribution in [0.5, 0.6) is 11.5 Å². The summed E-state index contributed by atoms with van der Waals surface area (Å²) in [5, 5.41) is 8.52. The van der Waals surface area contributed by atoms with Gasteiger partial charge in [0.05, 0.1) is 43.1 Å². The molecule has 0 spiro atoms. The van der Waals surface area contributed by atoms with Gasteiger partial charge in [-0.25, -0.2) is 19.2 Å². The summed E-state index contributed by atoms with van der Waals surface area (Å²) in [6.07, 6.45) is -1.73. The molecule has 9 N–H and O–H groups in total. The smallest absolute Gasteiger partial charge is 0.422 e. The Morgan fingerprint density at radius 2 is 1.07 bits per heavy atom. The Kier molecular flexibility index (Phi) is 17.0. The second-order valence-electron chi connectivity index (χ2n) is 11.3. The number of alkyl halides is 3. The number of nitrogens with two attached hydrogens (primary N) is 4. The topological polar surface area (TPSA) is 248 Å². The highest BCUT2D eigenvalue weighted by molar-refractivity contribution is 5.92. The lowest BCUT2D eigenvalue weighted by Gasteiger charge is -2.09. The largest absolute Gasteiger partial charge is 0.484 e. The molecule has 0 aliphatic rings. The van der Waals surface area contributed by atoms with Crippen molar-refractivity contribution in [1.82, 2.24) is 0 Å². The van der Waals surface area contributed by atoms with Crippen LogP contribution in [0.2, 0.25) is 0 Å². The molecular formula is C38H39F3N4O11. The first-order valence-electron chi connectivity index (χ1n) is 16.4. The molecule has 0 unspecified atom stereocenters.